The number of hydrogen-bond acceptors (Lipinski definition) is 4. The first-order chi connectivity index (χ1) is 7.93. The van der Waals surface area contributed by atoms with Crippen LogP contribution in [0.3, 0.4) is 0 Å². The average Bonchev–Trinajstić information content (AvgIpc) is 2.23. The van der Waals surface area contributed by atoms with Crippen molar-refractivity contribution >= 4 is 17.8 Å². The maximum Gasteiger partial charge on any atom is 0.305 e. The fourth-order valence-corrected chi connectivity index (χ4v) is 1.14. The Morgan fingerprint density at radius 2 is 1.88 bits per heavy atom. The van der Waals surface area contributed by atoms with E-state index in [1.54, 1.807) is 0 Å². The van der Waals surface area contributed by atoms with Crippen molar-refractivity contribution in [2.75, 3.05) is 13.1 Å². The minimum atomic E-state index is -0.968. The van der Waals surface area contributed by atoms with E-state index in [2.05, 4.69) is 10.6 Å². The number of nitrogens with two attached hydrogens (primary N) is 1. The maximum atomic E-state index is 11.3. The first kappa shape index (κ1) is 15.4. The first-order valence-corrected chi connectivity index (χ1v) is 5.43. The van der Waals surface area contributed by atoms with Gasteiger partial charge in [-0.05, 0) is 12.8 Å². The molecule has 0 unspecified atom stereocenters. The number of carboxylic acid groups (broad SMARTS) is 1. The summed E-state index contributed by atoms with van der Waals surface area (Å²) in [4.78, 5) is 32.1. The fourth-order valence-electron chi connectivity index (χ4n) is 1.14. The van der Waals surface area contributed by atoms with Crippen LogP contribution in [-0.4, -0.2) is 42.0 Å². The van der Waals surface area contributed by atoms with Crippen LogP contribution in [-0.2, 0) is 14.4 Å². The number of hydrogen-bond donors (Lipinski definition) is 4. The number of amides is 2. The van der Waals surface area contributed by atoms with E-state index in [0.717, 1.165) is 0 Å². The van der Waals surface area contributed by atoms with Crippen LogP contribution < -0.4 is 16.4 Å². The number of nitrogens with one attached hydrogen (secondary N) is 2. The van der Waals surface area contributed by atoms with Gasteiger partial charge in [-0.3, -0.25) is 14.4 Å². The van der Waals surface area contributed by atoms with Crippen molar-refractivity contribution in [3.05, 3.63) is 0 Å². The van der Waals surface area contributed by atoms with Crippen LogP contribution in [0.15, 0.2) is 0 Å². The second kappa shape index (κ2) is 8.51. The van der Waals surface area contributed by atoms with E-state index in [1.165, 1.54) is 6.92 Å². The van der Waals surface area contributed by atoms with Gasteiger partial charge in [-0.1, -0.05) is 0 Å². The molecule has 0 saturated carbocycles. The lowest BCUT2D eigenvalue weighted by Crippen LogP contribution is -2.41. The second-order valence-corrected chi connectivity index (χ2v) is 3.67. The highest BCUT2D eigenvalue weighted by Crippen LogP contribution is 1.93. The van der Waals surface area contributed by atoms with Crippen LogP contribution in [0, 0.1) is 0 Å². The summed E-state index contributed by atoms with van der Waals surface area (Å²) in [5.74, 6) is -1.46. The molecule has 0 radical (unpaired) electrons. The summed E-state index contributed by atoms with van der Waals surface area (Å²) in [7, 11) is 0. The molecule has 0 heterocycles. The molecule has 2 amide bonds. The second-order valence-electron chi connectivity index (χ2n) is 3.67. The quantitative estimate of drug-likeness (QED) is 0.401. The molecule has 98 valence electrons. The summed E-state index contributed by atoms with van der Waals surface area (Å²) in [6.45, 7) is 1.97. The van der Waals surface area contributed by atoms with Crippen LogP contribution in [0.1, 0.15) is 26.2 Å². The molecule has 0 aromatic carbocycles. The van der Waals surface area contributed by atoms with E-state index < -0.39 is 12.0 Å². The molecule has 0 aliphatic rings. The highest BCUT2D eigenvalue weighted by Gasteiger charge is 2.12. The molecule has 5 N–H and O–H groups in total. The summed E-state index contributed by atoms with van der Waals surface area (Å²) in [5, 5.41) is 13.4. The molecular formula is C10H19N3O4. The minimum Gasteiger partial charge on any atom is -0.481 e. The monoisotopic (exact) mass is 245 g/mol. The van der Waals surface area contributed by atoms with E-state index >= 15 is 0 Å². The SMILES string of the molecule is CC(=O)NCCC[C@H](N)C(=O)NCCC(=O)O. The van der Waals surface area contributed by atoms with E-state index in [1.807, 2.05) is 0 Å². The summed E-state index contributed by atoms with van der Waals surface area (Å²) in [6, 6.07) is -0.669. The van der Waals surface area contributed by atoms with Crippen molar-refractivity contribution in [3.8, 4) is 0 Å². The molecule has 0 aliphatic heterocycles. The van der Waals surface area contributed by atoms with Gasteiger partial charge in [0.25, 0.3) is 0 Å². The molecule has 0 rings (SSSR count). The van der Waals surface area contributed by atoms with E-state index in [9.17, 15) is 14.4 Å². The molecule has 0 spiro atoms. The summed E-state index contributed by atoms with van der Waals surface area (Å²) < 4.78 is 0. The molecular weight excluding hydrogens is 226 g/mol. The molecule has 0 aliphatic carbocycles. The topological polar surface area (TPSA) is 122 Å². The zero-order chi connectivity index (χ0) is 13.3. The maximum absolute atomic E-state index is 11.3. The lowest BCUT2D eigenvalue weighted by atomic mass is 10.1. The molecule has 1 atom stereocenters. The number of carboxylic acids is 1. The molecule has 0 fully saturated rings. The number of carbonyl (C=O) groups excluding carboxylic acids is 2. The fraction of sp³-hybridized carbons (Fsp3) is 0.700. The van der Waals surface area contributed by atoms with Crippen molar-refractivity contribution in [1.29, 1.82) is 0 Å². The summed E-state index contributed by atoms with van der Waals surface area (Å²) >= 11 is 0. The third kappa shape index (κ3) is 9.31. The van der Waals surface area contributed by atoms with Gasteiger partial charge in [0.05, 0.1) is 12.5 Å². The summed E-state index contributed by atoms with van der Waals surface area (Å²) in [6.07, 6.45) is 0.927. The van der Waals surface area contributed by atoms with Crippen molar-refractivity contribution in [1.82, 2.24) is 10.6 Å². The third-order valence-electron chi connectivity index (χ3n) is 2.04. The van der Waals surface area contributed by atoms with Gasteiger partial charge in [-0.15, -0.1) is 0 Å². The van der Waals surface area contributed by atoms with Crippen LogP contribution in [0.5, 0.6) is 0 Å². The largest absolute Gasteiger partial charge is 0.481 e. The average molecular weight is 245 g/mol. The Balaban J connectivity index is 3.60. The lowest BCUT2D eigenvalue weighted by molar-refractivity contribution is -0.137. The zero-order valence-electron chi connectivity index (χ0n) is 9.86. The molecule has 0 bridgehead atoms. The molecule has 7 heteroatoms. The molecule has 7 nitrogen and oxygen atoms in total. The van der Waals surface area contributed by atoms with Crippen LogP contribution in [0.2, 0.25) is 0 Å². The Hall–Kier alpha value is -1.63. The van der Waals surface area contributed by atoms with Gasteiger partial charge in [0, 0.05) is 20.0 Å². The Labute approximate surface area is 99.7 Å². The predicted octanol–water partition coefficient (Wildman–Crippen LogP) is -1.18. The zero-order valence-corrected chi connectivity index (χ0v) is 9.86. The van der Waals surface area contributed by atoms with Crippen molar-refractivity contribution in [2.45, 2.75) is 32.2 Å². The highest BCUT2D eigenvalue weighted by molar-refractivity contribution is 5.81. The number of carbonyl (C=O) groups is 3. The number of rotatable bonds is 8. The van der Waals surface area contributed by atoms with Crippen LogP contribution in [0.25, 0.3) is 0 Å². The van der Waals surface area contributed by atoms with Crippen molar-refractivity contribution in [2.24, 2.45) is 5.73 Å². The van der Waals surface area contributed by atoms with Gasteiger partial charge in [-0.2, -0.15) is 0 Å². The van der Waals surface area contributed by atoms with Gasteiger partial charge >= 0.3 is 5.97 Å². The highest BCUT2D eigenvalue weighted by atomic mass is 16.4. The molecule has 0 aromatic rings. The van der Waals surface area contributed by atoms with E-state index in [0.29, 0.717) is 19.4 Å². The predicted molar refractivity (Wildman–Crippen MR) is 61.2 cm³/mol. The van der Waals surface area contributed by atoms with E-state index in [-0.39, 0.29) is 24.8 Å². The van der Waals surface area contributed by atoms with Gasteiger partial charge in [0.15, 0.2) is 0 Å². The summed E-state index contributed by atoms with van der Waals surface area (Å²) in [5.41, 5.74) is 5.58. The van der Waals surface area contributed by atoms with Crippen LogP contribution >= 0.6 is 0 Å². The Morgan fingerprint density at radius 1 is 1.24 bits per heavy atom. The Bertz CT molecular complexity index is 281. The van der Waals surface area contributed by atoms with Crippen molar-refractivity contribution in [3.63, 3.8) is 0 Å². The van der Waals surface area contributed by atoms with Gasteiger partial charge in [0.2, 0.25) is 11.8 Å². The van der Waals surface area contributed by atoms with Gasteiger partial charge < -0.3 is 21.5 Å². The Kier molecular flexibility index (Phi) is 7.70. The van der Waals surface area contributed by atoms with Gasteiger partial charge in [0.1, 0.15) is 0 Å². The standard InChI is InChI=1S/C10H19N3O4/c1-7(14)12-5-2-3-8(11)10(17)13-6-4-9(15)16/h8H,2-6,11H2,1H3,(H,12,14)(H,13,17)(H,15,16)/t8-/m0/s1. The molecule has 17 heavy (non-hydrogen) atoms. The van der Waals surface area contributed by atoms with Crippen LogP contribution in [0.4, 0.5) is 0 Å². The van der Waals surface area contributed by atoms with Crippen molar-refractivity contribution < 1.29 is 19.5 Å². The molecule has 0 aromatic heterocycles. The third-order valence-corrected chi connectivity index (χ3v) is 2.04. The Morgan fingerprint density at radius 3 is 2.41 bits per heavy atom. The smallest absolute Gasteiger partial charge is 0.305 e. The van der Waals surface area contributed by atoms with E-state index in [4.69, 9.17) is 10.8 Å². The lowest BCUT2D eigenvalue weighted by Gasteiger charge is -2.11. The minimum absolute atomic E-state index is 0.0769. The molecule has 0 saturated heterocycles. The normalized spacial score (nSPS) is 11.6. The first-order valence-electron chi connectivity index (χ1n) is 5.43. The number of aliphatic carboxylic acids is 1. The van der Waals surface area contributed by atoms with Gasteiger partial charge in [-0.25, -0.2) is 0 Å².